The first-order valence-electron chi connectivity index (χ1n) is 1.64. The van der Waals surface area contributed by atoms with Crippen LogP contribution in [-0.2, 0) is 16.8 Å². The summed E-state index contributed by atoms with van der Waals surface area (Å²) in [5.74, 6) is 0. The van der Waals surface area contributed by atoms with E-state index in [4.69, 9.17) is 46.0 Å². The van der Waals surface area contributed by atoms with E-state index in [1.165, 1.54) is 0 Å². The molecule has 14 heavy (non-hydrogen) atoms. The van der Waals surface area contributed by atoms with Crippen molar-refractivity contribution in [3.05, 3.63) is 46.0 Å². The number of hydrogen-bond donors (Lipinski definition) is 1. The Morgan fingerprint density at radius 3 is 0.571 bits per heavy atom. The Morgan fingerprint density at radius 1 is 0.571 bits per heavy atom. The van der Waals surface area contributed by atoms with Crippen LogP contribution in [0.1, 0.15) is 0 Å². The number of hydrogen-bond acceptors (Lipinski definition) is 10. The summed E-state index contributed by atoms with van der Waals surface area (Å²) in [5, 5.41) is 44.2. The van der Waals surface area contributed by atoms with Gasteiger partial charge in [0.25, 0.3) is 0 Å². The van der Waals surface area contributed by atoms with Crippen LogP contribution in [0.2, 0.25) is 0 Å². The molecule has 0 aromatic rings. The zero-order valence-corrected chi connectivity index (χ0v) is 7.10. The Bertz CT molecular complexity index is 114. The molecule has 0 saturated heterocycles. The maximum absolute atomic E-state index is 8.25. The molecule has 0 aliphatic heterocycles. The second kappa shape index (κ2) is 22.5. The number of nitrogens with zero attached hydrogens (tertiary/aromatic N) is 3. The first kappa shape index (κ1) is 29.6. The minimum absolute atomic E-state index is 0. The summed E-state index contributed by atoms with van der Waals surface area (Å²) in [5.41, 5.74) is 0. The molecule has 0 saturated carbocycles. The SMILES string of the molecule is N.O=[N+]([O-])[O-].O=[N+]([O-])[O-].O=[N+]([O-])[O-].[Co+3]. The van der Waals surface area contributed by atoms with Crippen molar-refractivity contribution in [3.63, 3.8) is 0 Å². The Hall–Kier alpha value is -1.93. The Balaban J connectivity index is -0.0000000270. The van der Waals surface area contributed by atoms with E-state index in [2.05, 4.69) is 0 Å². The fourth-order valence-electron chi connectivity index (χ4n) is 0. The maximum atomic E-state index is 8.25. The van der Waals surface area contributed by atoms with Gasteiger partial charge in [0.1, 0.15) is 0 Å². The van der Waals surface area contributed by atoms with E-state index in [0.717, 1.165) is 0 Å². The van der Waals surface area contributed by atoms with Gasteiger partial charge >= 0.3 is 16.8 Å². The molecular formula is H3CoN4O9. The molecule has 3 N–H and O–H groups in total. The summed E-state index contributed by atoms with van der Waals surface area (Å²) in [6.07, 6.45) is 0. The minimum atomic E-state index is -1.75. The van der Waals surface area contributed by atoms with Crippen LogP contribution in [0.4, 0.5) is 0 Å². The van der Waals surface area contributed by atoms with Gasteiger partial charge in [-0.1, -0.05) is 0 Å². The average molecular weight is 262 g/mol. The van der Waals surface area contributed by atoms with Crippen molar-refractivity contribution < 1.29 is 32.0 Å². The van der Waals surface area contributed by atoms with Crippen LogP contribution in [0.15, 0.2) is 0 Å². The predicted octanol–water partition coefficient (Wildman–Crippen LogP) is -0.558. The van der Waals surface area contributed by atoms with Gasteiger partial charge in [-0.15, -0.1) is 0 Å². The van der Waals surface area contributed by atoms with Gasteiger partial charge in [-0.25, -0.2) is 0 Å². The molecule has 0 aromatic carbocycles. The molecular weight excluding hydrogens is 259 g/mol. The molecule has 0 atom stereocenters. The fraction of sp³-hybridized carbons (Fsp3) is 0. The average Bonchev–Trinajstić information content (AvgIpc) is 1.54. The van der Waals surface area contributed by atoms with Crippen molar-refractivity contribution in [2.24, 2.45) is 0 Å². The summed E-state index contributed by atoms with van der Waals surface area (Å²) in [6.45, 7) is 0. The van der Waals surface area contributed by atoms with E-state index in [-0.39, 0.29) is 22.9 Å². The maximum Gasteiger partial charge on any atom is 3.00 e. The Labute approximate surface area is 85.0 Å². The van der Waals surface area contributed by atoms with Crippen molar-refractivity contribution in [2.45, 2.75) is 0 Å². The van der Waals surface area contributed by atoms with Gasteiger partial charge in [-0.3, -0.25) is 0 Å². The van der Waals surface area contributed by atoms with E-state index in [1.807, 2.05) is 0 Å². The van der Waals surface area contributed by atoms with Crippen molar-refractivity contribution in [2.75, 3.05) is 0 Å². The van der Waals surface area contributed by atoms with Gasteiger partial charge in [0, 0.05) is 0 Å². The molecule has 0 fully saturated rings. The Kier molecular flexibility index (Phi) is 47.5. The van der Waals surface area contributed by atoms with Gasteiger partial charge in [0.05, 0.1) is 15.3 Å². The van der Waals surface area contributed by atoms with Crippen molar-refractivity contribution >= 4 is 0 Å². The molecule has 0 aromatic heterocycles. The third-order valence-corrected chi connectivity index (χ3v) is 0. The molecule has 0 rings (SSSR count). The molecule has 14 heteroatoms. The summed E-state index contributed by atoms with van der Waals surface area (Å²) in [6, 6.07) is 0. The van der Waals surface area contributed by atoms with E-state index in [0.29, 0.717) is 0 Å². The second-order valence-electron chi connectivity index (χ2n) is 0.671. The van der Waals surface area contributed by atoms with Crippen LogP contribution in [-0.4, -0.2) is 15.3 Å². The quantitative estimate of drug-likeness (QED) is 0.430. The zero-order chi connectivity index (χ0) is 10.7. The van der Waals surface area contributed by atoms with Crippen LogP contribution in [0.25, 0.3) is 0 Å². The third-order valence-electron chi connectivity index (χ3n) is 0. The van der Waals surface area contributed by atoms with Crippen molar-refractivity contribution in [1.82, 2.24) is 6.15 Å². The first-order chi connectivity index (χ1) is 5.20. The smallest absolute Gasteiger partial charge is 0.356 e. The van der Waals surface area contributed by atoms with E-state index >= 15 is 0 Å². The van der Waals surface area contributed by atoms with Gasteiger partial charge < -0.3 is 52.1 Å². The molecule has 0 aliphatic carbocycles. The van der Waals surface area contributed by atoms with Gasteiger partial charge in [0.2, 0.25) is 0 Å². The molecule has 0 amide bonds. The normalized spacial score (nSPS) is 5.14. The standard InChI is InChI=1S/Co.3NO3.H3N/c;3*2-1(3)4;/h;;;;1H3/q+3;3*-1;. The molecule has 0 spiro atoms. The molecule has 13 nitrogen and oxygen atoms in total. The minimum Gasteiger partial charge on any atom is -0.356 e. The third kappa shape index (κ3) is 221. The molecule has 0 unspecified atom stereocenters. The zero-order valence-electron chi connectivity index (χ0n) is 6.06. The van der Waals surface area contributed by atoms with E-state index in [1.54, 1.807) is 0 Å². The van der Waals surface area contributed by atoms with E-state index < -0.39 is 15.3 Å². The van der Waals surface area contributed by atoms with Crippen molar-refractivity contribution in [1.29, 1.82) is 0 Å². The summed E-state index contributed by atoms with van der Waals surface area (Å²) in [7, 11) is 0. The van der Waals surface area contributed by atoms with Gasteiger partial charge in [-0.05, 0) is 0 Å². The predicted molar refractivity (Wildman–Crippen MR) is 36.1 cm³/mol. The summed E-state index contributed by atoms with van der Waals surface area (Å²) >= 11 is 0. The van der Waals surface area contributed by atoms with E-state index in [9.17, 15) is 0 Å². The van der Waals surface area contributed by atoms with Gasteiger partial charge in [0.15, 0.2) is 0 Å². The fourth-order valence-corrected chi connectivity index (χ4v) is 0. The van der Waals surface area contributed by atoms with Crippen LogP contribution in [0, 0.1) is 46.0 Å². The molecule has 0 radical (unpaired) electrons. The molecule has 0 bridgehead atoms. The topological polar surface area (TPSA) is 234 Å². The van der Waals surface area contributed by atoms with Crippen molar-refractivity contribution in [3.8, 4) is 0 Å². The van der Waals surface area contributed by atoms with Crippen LogP contribution < -0.4 is 6.15 Å². The van der Waals surface area contributed by atoms with Crippen LogP contribution >= 0.6 is 0 Å². The second-order valence-corrected chi connectivity index (χ2v) is 0.671. The van der Waals surface area contributed by atoms with Gasteiger partial charge in [-0.2, -0.15) is 0 Å². The molecule has 0 heterocycles. The summed E-state index contributed by atoms with van der Waals surface area (Å²) < 4.78 is 0. The largest absolute Gasteiger partial charge is 3.00 e. The van der Waals surface area contributed by atoms with Crippen LogP contribution in [0.3, 0.4) is 0 Å². The molecule has 0 aliphatic rings. The molecule has 86 valence electrons. The Morgan fingerprint density at radius 2 is 0.571 bits per heavy atom. The first-order valence-corrected chi connectivity index (χ1v) is 1.64. The summed E-state index contributed by atoms with van der Waals surface area (Å²) in [4.78, 5) is 24.8. The number of rotatable bonds is 0. The monoisotopic (exact) mass is 262 g/mol. The van der Waals surface area contributed by atoms with Crippen LogP contribution in [0.5, 0.6) is 0 Å².